The molecule has 0 aromatic heterocycles. The molecule has 0 heterocycles. The highest BCUT2D eigenvalue weighted by molar-refractivity contribution is 9.10. The predicted octanol–water partition coefficient (Wildman–Crippen LogP) is 6.19. The van der Waals surface area contributed by atoms with Crippen LogP contribution in [0, 0.1) is 0 Å². The lowest BCUT2D eigenvalue weighted by Gasteiger charge is -2.06. The summed E-state index contributed by atoms with van der Waals surface area (Å²) >= 11 is 9.51. The molecular formula is C14H10BrClN4. The number of benzene rings is 2. The number of hydrogen-bond acceptors (Lipinski definition) is 2. The van der Waals surface area contributed by atoms with Gasteiger partial charge in [-0.25, -0.2) is 0 Å². The Hall–Kier alpha value is -1.81. The molecule has 0 fully saturated rings. The summed E-state index contributed by atoms with van der Waals surface area (Å²) in [6.07, 6.45) is 0. The minimum Gasteiger partial charge on any atom is -0.252 e. The molecule has 100 valence electrons. The predicted molar refractivity (Wildman–Crippen MR) is 86.3 cm³/mol. The zero-order valence-electron chi connectivity index (χ0n) is 10.6. The van der Waals surface area contributed by atoms with E-state index in [9.17, 15) is 0 Å². The van der Waals surface area contributed by atoms with E-state index in [4.69, 9.17) is 17.1 Å². The van der Waals surface area contributed by atoms with Crippen LogP contribution in [0.3, 0.4) is 0 Å². The van der Waals surface area contributed by atoms with Gasteiger partial charge < -0.3 is 0 Å². The van der Waals surface area contributed by atoms with E-state index in [1.165, 1.54) is 0 Å². The molecule has 0 spiro atoms. The third kappa shape index (κ3) is 3.39. The molecule has 2 aromatic rings. The van der Waals surface area contributed by atoms with Gasteiger partial charge in [-0.05, 0) is 30.7 Å². The first-order chi connectivity index (χ1) is 9.61. The largest absolute Gasteiger partial charge is 0.252 e. The molecule has 6 heteroatoms. The highest BCUT2D eigenvalue weighted by atomic mass is 79.9. The molecule has 20 heavy (non-hydrogen) atoms. The van der Waals surface area contributed by atoms with Gasteiger partial charge in [-0.1, -0.05) is 56.9 Å². The van der Waals surface area contributed by atoms with E-state index in [-0.39, 0.29) is 0 Å². The van der Waals surface area contributed by atoms with Gasteiger partial charge in [0.25, 0.3) is 0 Å². The zero-order valence-corrected chi connectivity index (χ0v) is 12.9. The van der Waals surface area contributed by atoms with Gasteiger partial charge in [0.15, 0.2) is 0 Å². The number of nitrogens with zero attached hydrogens (tertiary/aromatic N) is 4. The Bertz CT molecular complexity index is 721. The van der Waals surface area contributed by atoms with Crippen molar-refractivity contribution in [1.29, 1.82) is 0 Å². The molecule has 0 amide bonds. The van der Waals surface area contributed by atoms with Gasteiger partial charge in [0.05, 0.1) is 10.7 Å². The third-order valence-corrected chi connectivity index (χ3v) is 3.46. The molecule has 0 saturated carbocycles. The second-order valence-electron chi connectivity index (χ2n) is 4.00. The minimum absolute atomic E-state index is 0.544. The first-order valence-corrected chi connectivity index (χ1v) is 6.94. The smallest absolute Gasteiger partial charge is 0.0830 e. The Morgan fingerprint density at radius 2 is 1.95 bits per heavy atom. The van der Waals surface area contributed by atoms with E-state index in [2.05, 4.69) is 30.9 Å². The monoisotopic (exact) mass is 348 g/mol. The van der Waals surface area contributed by atoms with Crippen molar-refractivity contribution in [1.82, 2.24) is 0 Å². The number of rotatable bonds is 3. The van der Waals surface area contributed by atoms with Crippen molar-refractivity contribution in [3.63, 3.8) is 0 Å². The van der Waals surface area contributed by atoms with Crippen LogP contribution in [-0.4, -0.2) is 5.71 Å². The number of azide groups is 1. The molecule has 0 bridgehead atoms. The summed E-state index contributed by atoms with van der Waals surface area (Å²) in [6.45, 7) is 1.85. The Labute approximate surface area is 129 Å². The van der Waals surface area contributed by atoms with E-state index in [1.54, 1.807) is 12.1 Å². The van der Waals surface area contributed by atoms with Crippen LogP contribution in [0.5, 0.6) is 0 Å². The normalized spacial score (nSPS) is 11.1. The Morgan fingerprint density at radius 1 is 1.20 bits per heavy atom. The molecule has 2 rings (SSSR count). The topological polar surface area (TPSA) is 61.1 Å². The molecular weight excluding hydrogens is 340 g/mol. The molecule has 0 N–H and O–H groups in total. The second-order valence-corrected chi connectivity index (χ2v) is 5.32. The SMILES string of the molecule is CC(=Nc1cc(Br)ccc1Cl)c1ccccc1N=[N+]=[N-]. The van der Waals surface area contributed by atoms with Gasteiger partial charge in [0.2, 0.25) is 0 Å². The standard InChI is InChI=1S/C14H10BrClN4/c1-9(11-4-2-3-5-13(11)19-20-17)18-14-8-10(15)6-7-12(14)16/h2-8H,1H3. The van der Waals surface area contributed by atoms with E-state index >= 15 is 0 Å². The summed E-state index contributed by atoms with van der Waals surface area (Å²) in [5.41, 5.74) is 11.3. The molecule has 4 nitrogen and oxygen atoms in total. The van der Waals surface area contributed by atoms with E-state index < -0.39 is 0 Å². The second kappa shape index (κ2) is 6.57. The van der Waals surface area contributed by atoms with Crippen LogP contribution in [0.2, 0.25) is 5.02 Å². The molecule has 0 aliphatic carbocycles. The van der Waals surface area contributed by atoms with Gasteiger partial charge in [-0.3, -0.25) is 4.99 Å². The Morgan fingerprint density at radius 3 is 2.70 bits per heavy atom. The Balaban J connectivity index is 2.50. The van der Waals surface area contributed by atoms with Crippen molar-refractivity contribution in [3.8, 4) is 0 Å². The fourth-order valence-corrected chi connectivity index (χ4v) is 2.24. The highest BCUT2D eigenvalue weighted by Crippen LogP contribution is 2.30. The van der Waals surface area contributed by atoms with Crippen molar-refractivity contribution in [2.75, 3.05) is 0 Å². The average Bonchev–Trinajstić information content (AvgIpc) is 2.44. The van der Waals surface area contributed by atoms with Crippen molar-refractivity contribution >= 4 is 44.6 Å². The van der Waals surface area contributed by atoms with E-state index in [0.717, 1.165) is 15.7 Å². The van der Waals surface area contributed by atoms with Crippen LogP contribution in [0.1, 0.15) is 12.5 Å². The minimum atomic E-state index is 0.544. The number of aliphatic imine (C=N–C) groups is 1. The highest BCUT2D eigenvalue weighted by Gasteiger charge is 2.05. The van der Waals surface area contributed by atoms with E-state index in [0.29, 0.717) is 16.4 Å². The van der Waals surface area contributed by atoms with Crippen LogP contribution in [0.25, 0.3) is 10.4 Å². The van der Waals surface area contributed by atoms with Crippen molar-refractivity contribution < 1.29 is 0 Å². The molecule has 0 radical (unpaired) electrons. The van der Waals surface area contributed by atoms with Crippen LogP contribution < -0.4 is 0 Å². The summed E-state index contributed by atoms with van der Waals surface area (Å²) < 4.78 is 0.900. The number of hydrogen-bond donors (Lipinski definition) is 0. The lowest BCUT2D eigenvalue weighted by molar-refractivity contribution is 1.42. The van der Waals surface area contributed by atoms with Gasteiger partial charge in [0.1, 0.15) is 0 Å². The Kier molecular flexibility index (Phi) is 4.79. The number of halogens is 2. The van der Waals surface area contributed by atoms with Gasteiger partial charge in [0, 0.05) is 26.3 Å². The fourth-order valence-electron chi connectivity index (χ4n) is 1.73. The lowest BCUT2D eigenvalue weighted by atomic mass is 10.1. The molecule has 0 aliphatic rings. The fraction of sp³-hybridized carbons (Fsp3) is 0.0714. The molecule has 0 atom stereocenters. The maximum absolute atomic E-state index is 8.59. The summed E-state index contributed by atoms with van der Waals surface area (Å²) in [5.74, 6) is 0. The molecule has 0 aliphatic heterocycles. The maximum Gasteiger partial charge on any atom is 0.0830 e. The van der Waals surface area contributed by atoms with Crippen molar-refractivity contribution in [3.05, 3.63) is 68.0 Å². The third-order valence-electron chi connectivity index (χ3n) is 2.64. The van der Waals surface area contributed by atoms with Crippen molar-refractivity contribution in [2.24, 2.45) is 10.1 Å². The van der Waals surface area contributed by atoms with Gasteiger partial charge in [-0.2, -0.15) is 0 Å². The van der Waals surface area contributed by atoms with Crippen molar-refractivity contribution in [2.45, 2.75) is 6.92 Å². The van der Waals surface area contributed by atoms with Gasteiger partial charge in [-0.15, -0.1) is 0 Å². The molecule has 0 unspecified atom stereocenters. The zero-order chi connectivity index (χ0) is 14.5. The van der Waals surface area contributed by atoms with E-state index in [1.807, 2.05) is 37.3 Å². The van der Waals surface area contributed by atoms with Crippen LogP contribution in [-0.2, 0) is 0 Å². The molecule has 2 aromatic carbocycles. The quantitative estimate of drug-likeness (QED) is 0.275. The average molecular weight is 350 g/mol. The summed E-state index contributed by atoms with van der Waals surface area (Å²) in [4.78, 5) is 7.33. The first-order valence-electron chi connectivity index (χ1n) is 5.76. The van der Waals surface area contributed by atoms with Crippen LogP contribution in [0.4, 0.5) is 11.4 Å². The lowest BCUT2D eigenvalue weighted by Crippen LogP contribution is -1.94. The van der Waals surface area contributed by atoms with Crippen LogP contribution in [0.15, 0.2) is 57.0 Å². The maximum atomic E-state index is 8.59. The van der Waals surface area contributed by atoms with Crippen LogP contribution >= 0.6 is 27.5 Å². The first kappa shape index (κ1) is 14.6. The van der Waals surface area contributed by atoms with Gasteiger partial charge >= 0.3 is 0 Å². The summed E-state index contributed by atoms with van der Waals surface area (Å²) in [5, 5.41) is 4.23. The summed E-state index contributed by atoms with van der Waals surface area (Å²) in [6, 6.07) is 12.7. The molecule has 0 saturated heterocycles. The summed E-state index contributed by atoms with van der Waals surface area (Å²) in [7, 11) is 0.